The van der Waals surface area contributed by atoms with Gasteiger partial charge < -0.3 is 25.4 Å². The molecule has 1 aromatic carbocycles. The molecule has 0 spiro atoms. The Morgan fingerprint density at radius 1 is 0.917 bits per heavy atom. The summed E-state index contributed by atoms with van der Waals surface area (Å²) < 4.78 is 0. The van der Waals surface area contributed by atoms with Crippen LogP contribution in [0, 0.1) is 17.8 Å². The number of carbonyl (C=O) groups excluding carboxylic acids is 3. The van der Waals surface area contributed by atoms with E-state index in [2.05, 4.69) is 15.6 Å². The molecular weight excluding hydrogens is 454 g/mol. The number of hydrogen-bond acceptors (Lipinski definition) is 3. The molecule has 2 heterocycles. The summed E-state index contributed by atoms with van der Waals surface area (Å²) in [7, 11) is 0. The molecular formula is C28H37N5O3. The topological polar surface area (TPSA) is 97.5 Å². The molecule has 7 rings (SSSR count). The third-order valence-electron chi connectivity index (χ3n) is 9.00. The van der Waals surface area contributed by atoms with E-state index in [1.54, 1.807) is 6.20 Å². The first kappa shape index (κ1) is 23.4. The lowest BCUT2D eigenvalue weighted by Crippen LogP contribution is -2.61. The van der Waals surface area contributed by atoms with E-state index in [9.17, 15) is 14.4 Å². The average molecular weight is 492 g/mol. The molecule has 0 radical (unpaired) electrons. The van der Waals surface area contributed by atoms with Crippen molar-refractivity contribution in [1.29, 1.82) is 0 Å². The van der Waals surface area contributed by atoms with Gasteiger partial charge in [-0.3, -0.25) is 9.59 Å². The molecule has 1 saturated heterocycles. The third-order valence-corrected chi connectivity index (χ3v) is 9.00. The molecule has 0 unspecified atom stereocenters. The van der Waals surface area contributed by atoms with E-state index < -0.39 is 0 Å². The molecule has 1 aliphatic heterocycles. The van der Waals surface area contributed by atoms with Gasteiger partial charge in [0.05, 0.1) is 5.56 Å². The van der Waals surface area contributed by atoms with Crippen molar-refractivity contribution in [1.82, 2.24) is 25.4 Å². The quantitative estimate of drug-likeness (QED) is 0.597. The Bertz CT molecular complexity index is 1120. The number of benzene rings is 1. The van der Waals surface area contributed by atoms with Crippen LogP contribution < -0.4 is 10.6 Å². The molecule has 3 N–H and O–H groups in total. The maximum absolute atomic E-state index is 13.2. The van der Waals surface area contributed by atoms with Gasteiger partial charge in [0.25, 0.3) is 5.91 Å². The molecule has 5 aliphatic rings. The van der Waals surface area contributed by atoms with Gasteiger partial charge in [0.15, 0.2) is 0 Å². The first-order chi connectivity index (χ1) is 17.5. The minimum absolute atomic E-state index is 0.00441. The summed E-state index contributed by atoms with van der Waals surface area (Å²) in [6.45, 7) is 2.64. The van der Waals surface area contributed by atoms with E-state index in [0.29, 0.717) is 38.3 Å². The lowest BCUT2D eigenvalue weighted by Gasteiger charge is -2.56. The van der Waals surface area contributed by atoms with Crippen molar-refractivity contribution < 1.29 is 14.4 Å². The van der Waals surface area contributed by atoms with Crippen LogP contribution in [-0.2, 0) is 4.79 Å². The Labute approximate surface area is 212 Å². The van der Waals surface area contributed by atoms with Crippen molar-refractivity contribution in [3.8, 4) is 0 Å². The van der Waals surface area contributed by atoms with Gasteiger partial charge in [-0.1, -0.05) is 18.2 Å². The number of carbonyl (C=O) groups is 3. The highest BCUT2D eigenvalue weighted by molar-refractivity contribution is 6.06. The van der Waals surface area contributed by atoms with Crippen LogP contribution in [0.3, 0.4) is 0 Å². The van der Waals surface area contributed by atoms with Gasteiger partial charge in [-0.05, 0) is 68.8 Å². The third kappa shape index (κ3) is 4.58. The molecule has 0 atom stereocenters. The summed E-state index contributed by atoms with van der Waals surface area (Å²) in [4.78, 5) is 45.6. The molecule has 4 bridgehead atoms. The zero-order valence-corrected chi connectivity index (χ0v) is 20.9. The van der Waals surface area contributed by atoms with Gasteiger partial charge in [0.1, 0.15) is 0 Å². The van der Waals surface area contributed by atoms with Crippen molar-refractivity contribution in [2.75, 3.05) is 32.7 Å². The summed E-state index contributed by atoms with van der Waals surface area (Å²) in [5.41, 5.74) is 1.61. The maximum Gasteiger partial charge on any atom is 0.315 e. The number of aromatic nitrogens is 1. The normalized spacial score (nSPS) is 29.3. The van der Waals surface area contributed by atoms with Crippen LogP contribution in [0.1, 0.15) is 61.7 Å². The second kappa shape index (κ2) is 9.45. The van der Waals surface area contributed by atoms with Crippen molar-refractivity contribution in [2.24, 2.45) is 17.8 Å². The van der Waals surface area contributed by atoms with Gasteiger partial charge in [0.2, 0.25) is 5.91 Å². The minimum Gasteiger partial charge on any atom is -0.360 e. The molecule has 8 nitrogen and oxygen atoms in total. The van der Waals surface area contributed by atoms with Gasteiger partial charge >= 0.3 is 6.03 Å². The molecule has 5 fully saturated rings. The molecule has 4 aliphatic carbocycles. The van der Waals surface area contributed by atoms with Crippen molar-refractivity contribution >= 4 is 28.7 Å². The number of nitrogens with one attached hydrogen (secondary N) is 3. The molecule has 2 aromatic rings. The Hall–Kier alpha value is -3.03. The number of para-hydroxylation sites is 1. The monoisotopic (exact) mass is 491 g/mol. The van der Waals surface area contributed by atoms with Crippen molar-refractivity contribution in [3.63, 3.8) is 0 Å². The van der Waals surface area contributed by atoms with Gasteiger partial charge in [-0.15, -0.1) is 0 Å². The van der Waals surface area contributed by atoms with E-state index in [1.807, 2.05) is 34.1 Å². The van der Waals surface area contributed by atoms with Gasteiger partial charge in [-0.25, -0.2) is 4.79 Å². The second-order valence-electron chi connectivity index (χ2n) is 11.6. The van der Waals surface area contributed by atoms with E-state index >= 15 is 0 Å². The number of amides is 4. The Morgan fingerprint density at radius 2 is 1.58 bits per heavy atom. The van der Waals surface area contributed by atoms with E-state index in [1.165, 1.54) is 19.3 Å². The summed E-state index contributed by atoms with van der Waals surface area (Å²) in [5.74, 6) is 2.38. The highest BCUT2D eigenvalue weighted by Crippen LogP contribution is 2.55. The van der Waals surface area contributed by atoms with Crippen LogP contribution >= 0.6 is 0 Å². The zero-order valence-electron chi connectivity index (χ0n) is 20.9. The Kier molecular flexibility index (Phi) is 6.13. The van der Waals surface area contributed by atoms with E-state index in [-0.39, 0.29) is 29.8 Å². The van der Waals surface area contributed by atoms with Crippen LogP contribution in [0.25, 0.3) is 10.9 Å². The lowest BCUT2D eigenvalue weighted by molar-refractivity contribution is -0.130. The first-order valence-electron chi connectivity index (χ1n) is 13.7. The summed E-state index contributed by atoms with van der Waals surface area (Å²) in [5, 5.41) is 7.18. The molecule has 192 valence electrons. The fraction of sp³-hybridized carbons (Fsp3) is 0.607. The standard InChI is InChI=1S/C28H37N5O3/c34-25(6-7-29-27(36)31-28-15-19-12-20(16-28)14-21(13-19)17-28)32-8-3-9-33(11-10-32)26(35)23-18-30-24-5-2-1-4-22(23)24/h1-2,4-5,18-21,30H,3,6-17H2,(H2,29,31,36). The summed E-state index contributed by atoms with van der Waals surface area (Å²) in [6.07, 6.45) is 10.2. The molecule has 8 heteroatoms. The van der Waals surface area contributed by atoms with Crippen LogP contribution in [0.4, 0.5) is 4.79 Å². The number of aromatic amines is 1. The van der Waals surface area contributed by atoms with Crippen LogP contribution in [-0.4, -0.2) is 70.9 Å². The Balaban J connectivity index is 0.967. The molecule has 4 amide bonds. The van der Waals surface area contributed by atoms with Crippen molar-refractivity contribution in [3.05, 3.63) is 36.0 Å². The zero-order chi connectivity index (χ0) is 24.7. The number of urea groups is 1. The van der Waals surface area contributed by atoms with Crippen LogP contribution in [0.2, 0.25) is 0 Å². The maximum atomic E-state index is 13.2. The van der Waals surface area contributed by atoms with Gasteiger partial charge in [0, 0.05) is 61.8 Å². The minimum atomic E-state index is -0.129. The average Bonchev–Trinajstić information content (AvgIpc) is 3.11. The highest BCUT2D eigenvalue weighted by atomic mass is 16.2. The number of H-pyrrole nitrogens is 1. The Morgan fingerprint density at radius 3 is 2.33 bits per heavy atom. The second-order valence-corrected chi connectivity index (χ2v) is 11.6. The largest absolute Gasteiger partial charge is 0.360 e. The van der Waals surface area contributed by atoms with Crippen LogP contribution in [0.5, 0.6) is 0 Å². The number of hydrogen-bond donors (Lipinski definition) is 3. The highest BCUT2D eigenvalue weighted by Gasteiger charge is 2.51. The fourth-order valence-corrected chi connectivity index (χ4v) is 7.78. The summed E-state index contributed by atoms with van der Waals surface area (Å²) in [6, 6.07) is 7.68. The molecule has 36 heavy (non-hydrogen) atoms. The lowest BCUT2D eigenvalue weighted by atomic mass is 9.53. The van der Waals surface area contributed by atoms with Crippen molar-refractivity contribution in [2.45, 2.75) is 56.9 Å². The number of rotatable bonds is 5. The predicted octanol–water partition coefficient (Wildman–Crippen LogP) is 3.50. The number of nitrogens with zero attached hydrogens (tertiary/aromatic N) is 2. The van der Waals surface area contributed by atoms with Gasteiger partial charge in [-0.2, -0.15) is 0 Å². The molecule has 1 aromatic heterocycles. The number of fused-ring (bicyclic) bond motifs is 1. The van der Waals surface area contributed by atoms with E-state index in [0.717, 1.165) is 54.3 Å². The smallest absolute Gasteiger partial charge is 0.315 e. The SMILES string of the molecule is O=C(NCCC(=O)N1CCCN(C(=O)c2c[nH]c3ccccc23)CC1)NC12CC3CC(CC(C3)C1)C2. The predicted molar refractivity (Wildman–Crippen MR) is 137 cm³/mol. The summed E-state index contributed by atoms with van der Waals surface area (Å²) >= 11 is 0. The molecule has 4 saturated carbocycles. The van der Waals surface area contributed by atoms with Crippen LogP contribution in [0.15, 0.2) is 30.5 Å². The first-order valence-corrected chi connectivity index (χ1v) is 13.7. The van der Waals surface area contributed by atoms with E-state index in [4.69, 9.17) is 0 Å². The fourth-order valence-electron chi connectivity index (χ4n) is 7.78.